The highest BCUT2D eigenvalue weighted by Crippen LogP contribution is 2.07. The average Bonchev–Trinajstić information content (AvgIpc) is 2.38. The third-order valence-corrected chi connectivity index (χ3v) is 2.84. The number of piperidine rings is 1. The molecule has 1 amide bonds. The maximum absolute atomic E-state index is 11.8. The van der Waals surface area contributed by atoms with Crippen LogP contribution < -0.4 is 10.6 Å². The topological polar surface area (TPSA) is 54.0 Å². The van der Waals surface area contributed by atoms with Crippen LogP contribution in [0.5, 0.6) is 0 Å². The van der Waals surface area contributed by atoms with Gasteiger partial charge in [-0.3, -0.25) is 9.78 Å². The minimum absolute atomic E-state index is 0.00409. The Labute approximate surface area is 95.5 Å². The zero-order chi connectivity index (χ0) is 11.2. The van der Waals surface area contributed by atoms with Gasteiger partial charge in [0.15, 0.2) is 0 Å². The molecule has 0 aromatic carbocycles. The van der Waals surface area contributed by atoms with Gasteiger partial charge in [-0.05, 0) is 37.1 Å². The van der Waals surface area contributed by atoms with Gasteiger partial charge in [0.25, 0.3) is 0 Å². The molecule has 0 saturated carbocycles. The van der Waals surface area contributed by atoms with Gasteiger partial charge in [-0.25, -0.2) is 0 Å². The molecule has 1 saturated heterocycles. The number of hydrogen-bond donors (Lipinski definition) is 2. The summed E-state index contributed by atoms with van der Waals surface area (Å²) in [6.07, 6.45) is 6.73. The molecule has 1 fully saturated rings. The van der Waals surface area contributed by atoms with Crippen LogP contribution in [0.1, 0.15) is 24.8 Å². The molecule has 4 nitrogen and oxygen atoms in total. The van der Waals surface area contributed by atoms with E-state index in [1.54, 1.807) is 12.4 Å². The van der Waals surface area contributed by atoms with Crippen LogP contribution in [-0.2, 0) is 11.3 Å². The second-order valence-corrected chi connectivity index (χ2v) is 4.08. The van der Waals surface area contributed by atoms with Gasteiger partial charge in [-0.1, -0.05) is 6.42 Å². The van der Waals surface area contributed by atoms with E-state index in [4.69, 9.17) is 0 Å². The number of aromatic nitrogens is 1. The van der Waals surface area contributed by atoms with Crippen molar-refractivity contribution < 1.29 is 4.79 Å². The predicted molar refractivity (Wildman–Crippen MR) is 61.7 cm³/mol. The summed E-state index contributed by atoms with van der Waals surface area (Å²) in [5, 5.41) is 6.17. The predicted octanol–water partition coefficient (Wildman–Crippen LogP) is 0.840. The molecule has 0 radical (unpaired) electrons. The Morgan fingerprint density at radius 3 is 2.94 bits per heavy atom. The Bertz CT molecular complexity index is 333. The molecule has 2 heterocycles. The molecule has 0 aliphatic carbocycles. The quantitative estimate of drug-likeness (QED) is 0.792. The molecular formula is C12H17N3O. The molecule has 1 atom stereocenters. The van der Waals surface area contributed by atoms with Crippen LogP contribution in [0.15, 0.2) is 24.5 Å². The first kappa shape index (κ1) is 11.1. The third kappa shape index (κ3) is 3.03. The van der Waals surface area contributed by atoms with Crippen LogP contribution >= 0.6 is 0 Å². The molecule has 0 unspecified atom stereocenters. The highest BCUT2D eigenvalue weighted by molar-refractivity contribution is 5.81. The van der Waals surface area contributed by atoms with E-state index >= 15 is 0 Å². The summed E-state index contributed by atoms with van der Waals surface area (Å²) in [7, 11) is 0. The van der Waals surface area contributed by atoms with Crippen LogP contribution in [0.25, 0.3) is 0 Å². The van der Waals surface area contributed by atoms with Crippen molar-refractivity contribution in [2.75, 3.05) is 6.54 Å². The number of carbonyl (C=O) groups is 1. The molecule has 1 aliphatic rings. The summed E-state index contributed by atoms with van der Waals surface area (Å²) in [6.45, 7) is 1.53. The third-order valence-electron chi connectivity index (χ3n) is 2.84. The first-order valence-electron chi connectivity index (χ1n) is 5.76. The van der Waals surface area contributed by atoms with Gasteiger partial charge in [-0.15, -0.1) is 0 Å². The molecule has 2 N–H and O–H groups in total. The Hall–Kier alpha value is -1.42. The Balaban J connectivity index is 1.79. The molecule has 0 bridgehead atoms. The largest absolute Gasteiger partial charge is 0.351 e. The van der Waals surface area contributed by atoms with E-state index in [-0.39, 0.29) is 11.9 Å². The second kappa shape index (κ2) is 5.61. The Morgan fingerprint density at radius 2 is 2.25 bits per heavy atom. The fourth-order valence-corrected chi connectivity index (χ4v) is 1.89. The number of hydrogen-bond acceptors (Lipinski definition) is 3. The van der Waals surface area contributed by atoms with Crippen molar-refractivity contribution in [3.8, 4) is 0 Å². The van der Waals surface area contributed by atoms with E-state index in [0.717, 1.165) is 24.9 Å². The van der Waals surface area contributed by atoms with Crippen LogP contribution in [0.3, 0.4) is 0 Å². The monoisotopic (exact) mass is 219 g/mol. The minimum Gasteiger partial charge on any atom is -0.351 e. The van der Waals surface area contributed by atoms with E-state index < -0.39 is 0 Å². The minimum atomic E-state index is -0.00409. The highest BCUT2D eigenvalue weighted by atomic mass is 16.2. The van der Waals surface area contributed by atoms with Gasteiger partial charge in [0, 0.05) is 18.9 Å². The van der Waals surface area contributed by atoms with E-state index in [2.05, 4.69) is 15.6 Å². The van der Waals surface area contributed by atoms with Gasteiger partial charge in [-0.2, -0.15) is 0 Å². The van der Waals surface area contributed by atoms with Gasteiger partial charge in [0.05, 0.1) is 6.04 Å². The number of nitrogens with one attached hydrogen (secondary N) is 2. The van der Waals surface area contributed by atoms with E-state index in [9.17, 15) is 4.79 Å². The molecule has 1 aliphatic heterocycles. The number of pyridine rings is 1. The number of nitrogens with zero attached hydrogens (tertiary/aromatic N) is 1. The van der Waals surface area contributed by atoms with Crippen molar-refractivity contribution in [2.45, 2.75) is 31.8 Å². The number of rotatable bonds is 3. The van der Waals surface area contributed by atoms with Crippen molar-refractivity contribution in [3.63, 3.8) is 0 Å². The molecule has 2 rings (SSSR count). The zero-order valence-corrected chi connectivity index (χ0v) is 9.28. The summed E-state index contributed by atoms with van der Waals surface area (Å²) in [4.78, 5) is 15.7. The Morgan fingerprint density at radius 1 is 1.44 bits per heavy atom. The molecule has 1 aromatic heterocycles. The van der Waals surface area contributed by atoms with E-state index in [1.165, 1.54) is 6.42 Å². The second-order valence-electron chi connectivity index (χ2n) is 4.08. The Kier molecular flexibility index (Phi) is 3.88. The van der Waals surface area contributed by atoms with Crippen LogP contribution in [0.2, 0.25) is 0 Å². The molecule has 0 spiro atoms. The van der Waals surface area contributed by atoms with Crippen molar-refractivity contribution >= 4 is 5.91 Å². The summed E-state index contributed by atoms with van der Waals surface area (Å²) in [5.41, 5.74) is 1.08. The zero-order valence-electron chi connectivity index (χ0n) is 9.28. The van der Waals surface area contributed by atoms with Crippen LogP contribution in [-0.4, -0.2) is 23.5 Å². The molecule has 86 valence electrons. The maximum Gasteiger partial charge on any atom is 0.237 e. The van der Waals surface area contributed by atoms with Crippen molar-refractivity contribution in [1.82, 2.24) is 15.6 Å². The summed E-state index contributed by atoms with van der Waals surface area (Å²) in [5.74, 6) is 0.108. The molecule has 4 heteroatoms. The standard InChI is InChI=1S/C12H17N3O/c16-12(11-3-1-2-6-14-11)15-9-10-4-7-13-8-5-10/h4-5,7-8,11,14H,1-3,6,9H2,(H,15,16)/t11-/m1/s1. The maximum atomic E-state index is 11.8. The van der Waals surface area contributed by atoms with Gasteiger partial charge >= 0.3 is 0 Å². The SMILES string of the molecule is O=C(NCc1ccncc1)[C@H]1CCCCN1. The lowest BCUT2D eigenvalue weighted by molar-refractivity contribution is -0.123. The van der Waals surface area contributed by atoms with Gasteiger partial charge in [0.2, 0.25) is 5.91 Å². The van der Waals surface area contributed by atoms with Crippen molar-refractivity contribution in [3.05, 3.63) is 30.1 Å². The van der Waals surface area contributed by atoms with Gasteiger partial charge in [0.1, 0.15) is 0 Å². The van der Waals surface area contributed by atoms with E-state index in [1.807, 2.05) is 12.1 Å². The van der Waals surface area contributed by atoms with Crippen molar-refractivity contribution in [2.24, 2.45) is 0 Å². The number of carbonyl (C=O) groups excluding carboxylic acids is 1. The fourth-order valence-electron chi connectivity index (χ4n) is 1.89. The molecular weight excluding hydrogens is 202 g/mol. The van der Waals surface area contributed by atoms with Gasteiger partial charge < -0.3 is 10.6 Å². The lowest BCUT2D eigenvalue weighted by atomic mass is 10.0. The lowest BCUT2D eigenvalue weighted by Gasteiger charge is -2.22. The van der Waals surface area contributed by atoms with Crippen LogP contribution in [0, 0.1) is 0 Å². The van der Waals surface area contributed by atoms with Crippen LogP contribution in [0.4, 0.5) is 0 Å². The average molecular weight is 219 g/mol. The highest BCUT2D eigenvalue weighted by Gasteiger charge is 2.19. The fraction of sp³-hybridized carbons (Fsp3) is 0.500. The normalized spacial score (nSPS) is 20.4. The molecule has 16 heavy (non-hydrogen) atoms. The first-order chi connectivity index (χ1) is 7.86. The van der Waals surface area contributed by atoms with Crippen molar-refractivity contribution in [1.29, 1.82) is 0 Å². The summed E-state index contributed by atoms with van der Waals surface area (Å²) < 4.78 is 0. The molecule has 1 aromatic rings. The lowest BCUT2D eigenvalue weighted by Crippen LogP contribution is -2.46. The number of amides is 1. The summed E-state index contributed by atoms with van der Waals surface area (Å²) in [6, 6.07) is 3.82. The smallest absolute Gasteiger partial charge is 0.237 e. The summed E-state index contributed by atoms with van der Waals surface area (Å²) >= 11 is 0. The first-order valence-corrected chi connectivity index (χ1v) is 5.76. The van der Waals surface area contributed by atoms with E-state index in [0.29, 0.717) is 6.54 Å².